The lowest BCUT2D eigenvalue weighted by Gasteiger charge is -2.29. The summed E-state index contributed by atoms with van der Waals surface area (Å²) < 4.78 is 14.0. The molecule has 2 rings (SSSR count). The molecule has 0 spiro atoms. The van der Waals surface area contributed by atoms with Crippen LogP contribution in [0.15, 0.2) is 18.2 Å². The lowest BCUT2D eigenvalue weighted by atomic mass is 9.82. The zero-order valence-electron chi connectivity index (χ0n) is 7.61. The van der Waals surface area contributed by atoms with Crippen molar-refractivity contribution in [3.05, 3.63) is 34.3 Å². The van der Waals surface area contributed by atoms with Gasteiger partial charge in [-0.3, -0.25) is 0 Å². The van der Waals surface area contributed by atoms with Gasteiger partial charge in [0.1, 0.15) is 5.67 Å². The Kier molecular flexibility index (Phi) is 2.07. The summed E-state index contributed by atoms with van der Waals surface area (Å²) in [6.45, 7) is 1.62. The van der Waals surface area contributed by atoms with Crippen molar-refractivity contribution in [3.63, 3.8) is 0 Å². The molecule has 0 N–H and O–H groups in total. The van der Waals surface area contributed by atoms with E-state index in [0.717, 1.165) is 18.4 Å². The standard InChI is InChI=1S/C11H12ClF/c1-11(13)7-3-5-8-4-2-6-9(12)10(8)11/h2,4,6H,3,5,7H2,1H3. The SMILES string of the molecule is CC1(F)CCCc2cccc(Cl)c21. The molecule has 1 aromatic carbocycles. The van der Waals surface area contributed by atoms with Crippen LogP contribution in [0.1, 0.15) is 30.9 Å². The maximum Gasteiger partial charge on any atom is 0.134 e. The smallest absolute Gasteiger partial charge is 0.134 e. The number of hydrogen-bond acceptors (Lipinski definition) is 0. The maximum absolute atomic E-state index is 14.0. The van der Waals surface area contributed by atoms with Gasteiger partial charge in [0.05, 0.1) is 0 Å². The molecule has 0 saturated heterocycles. The van der Waals surface area contributed by atoms with Crippen LogP contribution in [0, 0.1) is 0 Å². The Morgan fingerprint density at radius 1 is 1.46 bits per heavy atom. The van der Waals surface area contributed by atoms with Crippen LogP contribution >= 0.6 is 11.6 Å². The minimum absolute atomic E-state index is 0.571. The van der Waals surface area contributed by atoms with E-state index >= 15 is 0 Å². The largest absolute Gasteiger partial charge is 0.239 e. The molecule has 1 aliphatic carbocycles. The van der Waals surface area contributed by atoms with Gasteiger partial charge in [-0.15, -0.1) is 0 Å². The van der Waals surface area contributed by atoms with Crippen molar-refractivity contribution in [1.29, 1.82) is 0 Å². The van der Waals surface area contributed by atoms with Gasteiger partial charge < -0.3 is 0 Å². The van der Waals surface area contributed by atoms with Crippen molar-refractivity contribution in [2.24, 2.45) is 0 Å². The summed E-state index contributed by atoms with van der Waals surface area (Å²) in [5.41, 5.74) is 0.554. The van der Waals surface area contributed by atoms with Crippen molar-refractivity contribution in [2.45, 2.75) is 31.9 Å². The molecule has 2 heteroatoms. The van der Waals surface area contributed by atoms with Crippen molar-refractivity contribution in [3.8, 4) is 0 Å². The molecule has 70 valence electrons. The third-order valence-electron chi connectivity index (χ3n) is 2.71. The van der Waals surface area contributed by atoms with Crippen LogP contribution in [0.25, 0.3) is 0 Å². The minimum Gasteiger partial charge on any atom is -0.239 e. The Bertz CT molecular complexity index is 331. The summed E-state index contributed by atoms with van der Waals surface area (Å²) in [6, 6.07) is 5.63. The van der Waals surface area contributed by atoms with Gasteiger partial charge in [0.15, 0.2) is 0 Å². The van der Waals surface area contributed by atoms with Crippen LogP contribution in [0.3, 0.4) is 0 Å². The quantitative estimate of drug-likeness (QED) is 0.594. The average Bonchev–Trinajstić information content (AvgIpc) is 2.02. The number of alkyl halides is 1. The van der Waals surface area contributed by atoms with Crippen LogP contribution in [0.2, 0.25) is 5.02 Å². The molecule has 13 heavy (non-hydrogen) atoms. The third kappa shape index (κ3) is 1.46. The number of benzene rings is 1. The highest BCUT2D eigenvalue weighted by atomic mass is 35.5. The van der Waals surface area contributed by atoms with E-state index in [1.165, 1.54) is 0 Å². The van der Waals surface area contributed by atoms with Crippen LogP contribution < -0.4 is 0 Å². The molecule has 0 heterocycles. The van der Waals surface area contributed by atoms with E-state index in [-0.39, 0.29) is 0 Å². The highest BCUT2D eigenvalue weighted by Crippen LogP contribution is 2.41. The predicted octanol–water partition coefficient (Wildman–Crippen LogP) is 3.86. The Morgan fingerprint density at radius 3 is 2.92 bits per heavy atom. The first-order chi connectivity index (χ1) is 6.11. The molecule has 0 radical (unpaired) electrons. The van der Waals surface area contributed by atoms with E-state index in [9.17, 15) is 4.39 Å². The molecule has 1 unspecified atom stereocenters. The molecule has 0 nitrogen and oxygen atoms in total. The monoisotopic (exact) mass is 198 g/mol. The fourth-order valence-corrected chi connectivity index (χ4v) is 2.49. The van der Waals surface area contributed by atoms with Crippen molar-refractivity contribution in [1.82, 2.24) is 0 Å². The van der Waals surface area contributed by atoms with E-state index in [0.29, 0.717) is 17.0 Å². The van der Waals surface area contributed by atoms with Gasteiger partial charge in [0.25, 0.3) is 0 Å². The topological polar surface area (TPSA) is 0 Å². The Morgan fingerprint density at radius 2 is 2.23 bits per heavy atom. The van der Waals surface area contributed by atoms with Crippen LogP contribution in [-0.4, -0.2) is 0 Å². The fourth-order valence-electron chi connectivity index (χ4n) is 2.10. The molecule has 1 atom stereocenters. The van der Waals surface area contributed by atoms with E-state index in [2.05, 4.69) is 0 Å². The Hall–Kier alpha value is -0.560. The highest BCUT2D eigenvalue weighted by molar-refractivity contribution is 6.31. The summed E-state index contributed by atoms with van der Waals surface area (Å²) >= 11 is 5.99. The summed E-state index contributed by atoms with van der Waals surface area (Å²) in [7, 11) is 0. The lowest BCUT2D eigenvalue weighted by Crippen LogP contribution is -2.22. The summed E-state index contributed by atoms with van der Waals surface area (Å²) in [5.74, 6) is 0. The van der Waals surface area contributed by atoms with Gasteiger partial charge in [0, 0.05) is 10.6 Å². The lowest BCUT2D eigenvalue weighted by molar-refractivity contribution is 0.162. The highest BCUT2D eigenvalue weighted by Gasteiger charge is 2.33. The molecule has 0 aromatic heterocycles. The summed E-state index contributed by atoms with van der Waals surface area (Å²) in [5, 5.41) is 0.571. The van der Waals surface area contributed by atoms with Gasteiger partial charge in [0.2, 0.25) is 0 Å². The number of rotatable bonds is 0. The van der Waals surface area contributed by atoms with Gasteiger partial charge in [-0.1, -0.05) is 23.7 Å². The molecular weight excluding hydrogens is 187 g/mol. The zero-order chi connectivity index (χ0) is 9.47. The fraction of sp³-hybridized carbons (Fsp3) is 0.455. The van der Waals surface area contributed by atoms with Crippen LogP contribution in [0.4, 0.5) is 4.39 Å². The first-order valence-corrected chi connectivity index (χ1v) is 4.96. The molecular formula is C11H12ClF. The normalized spacial score (nSPS) is 27.0. The molecule has 0 saturated carbocycles. The second-order valence-corrected chi connectivity index (χ2v) is 4.23. The van der Waals surface area contributed by atoms with Crippen molar-refractivity contribution >= 4 is 11.6 Å². The maximum atomic E-state index is 14.0. The number of aryl methyl sites for hydroxylation is 1. The van der Waals surface area contributed by atoms with Crippen LogP contribution in [0.5, 0.6) is 0 Å². The minimum atomic E-state index is -1.23. The average molecular weight is 199 g/mol. The number of halogens is 2. The third-order valence-corrected chi connectivity index (χ3v) is 3.03. The Balaban J connectivity index is 2.61. The zero-order valence-corrected chi connectivity index (χ0v) is 8.37. The number of fused-ring (bicyclic) bond motifs is 1. The van der Waals surface area contributed by atoms with E-state index < -0.39 is 5.67 Å². The van der Waals surface area contributed by atoms with E-state index in [1.807, 2.05) is 12.1 Å². The molecule has 0 bridgehead atoms. The Labute approximate surface area is 82.7 Å². The second-order valence-electron chi connectivity index (χ2n) is 3.82. The van der Waals surface area contributed by atoms with Crippen LogP contribution in [-0.2, 0) is 12.1 Å². The summed E-state index contributed by atoms with van der Waals surface area (Å²) in [4.78, 5) is 0. The summed E-state index contributed by atoms with van der Waals surface area (Å²) in [6.07, 6.45) is 2.46. The first kappa shape index (κ1) is 9.01. The van der Waals surface area contributed by atoms with Gasteiger partial charge in [-0.2, -0.15) is 0 Å². The molecule has 0 aliphatic heterocycles. The van der Waals surface area contributed by atoms with Gasteiger partial charge >= 0.3 is 0 Å². The van der Waals surface area contributed by atoms with Gasteiger partial charge in [-0.05, 0) is 37.8 Å². The molecule has 0 amide bonds. The first-order valence-electron chi connectivity index (χ1n) is 4.58. The predicted molar refractivity (Wildman–Crippen MR) is 52.9 cm³/mol. The van der Waals surface area contributed by atoms with E-state index in [4.69, 9.17) is 11.6 Å². The van der Waals surface area contributed by atoms with E-state index in [1.54, 1.807) is 13.0 Å². The molecule has 1 aliphatic rings. The second kappa shape index (κ2) is 2.98. The number of hydrogen-bond donors (Lipinski definition) is 0. The van der Waals surface area contributed by atoms with Crippen molar-refractivity contribution < 1.29 is 4.39 Å². The van der Waals surface area contributed by atoms with Gasteiger partial charge in [-0.25, -0.2) is 4.39 Å². The molecule has 0 fully saturated rings. The molecule has 1 aromatic rings. The van der Waals surface area contributed by atoms with Crippen molar-refractivity contribution in [2.75, 3.05) is 0 Å².